The molecule has 1 aromatic rings. The van der Waals surface area contributed by atoms with E-state index in [0.717, 1.165) is 16.7 Å². The first kappa shape index (κ1) is 17.0. The molecule has 1 spiro atoms. The van der Waals surface area contributed by atoms with Gasteiger partial charge in [-0.2, -0.15) is 0 Å². The summed E-state index contributed by atoms with van der Waals surface area (Å²) in [5, 5.41) is 20.7. The zero-order chi connectivity index (χ0) is 18.6. The van der Waals surface area contributed by atoms with Gasteiger partial charge in [0.1, 0.15) is 10.8 Å². The molecule has 3 N–H and O–H groups in total. The summed E-state index contributed by atoms with van der Waals surface area (Å²) in [6, 6.07) is 5.20. The van der Waals surface area contributed by atoms with Crippen LogP contribution in [-0.4, -0.2) is 67.9 Å². The maximum atomic E-state index is 12.7. The van der Waals surface area contributed by atoms with E-state index in [-0.39, 0.29) is 24.2 Å². The van der Waals surface area contributed by atoms with Crippen LogP contribution >= 0.6 is 11.8 Å². The summed E-state index contributed by atoms with van der Waals surface area (Å²) in [6.07, 6.45) is -1.36. The number of carboxylic acid groups (broad SMARTS) is 2. The number of nitrogens with one attached hydrogen (secondary N) is 1. The zero-order valence-electron chi connectivity index (χ0n) is 13.2. The third-order valence-corrected chi connectivity index (χ3v) is 6.34. The number of carboxylic acids is 2. The molecule has 2 fully saturated rings. The lowest BCUT2D eigenvalue weighted by Crippen LogP contribution is -2.71. The van der Waals surface area contributed by atoms with E-state index in [1.54, 1.807) is 12.1 Å². The van der Waals surface area contributed by atoms with Gasteiger partial charge >= 0.3 is 11.9 Å². The molecule has 4 unspecified atom stereocenters. The summed E-state index contributed by atoms with van der Waals surface area (Å²) in [4.78, 5) is 49.0. The quantitative estimate of drug-likeness (QED) is 0.618. The second kappa shape index (κ2) is 5.79. The number of imide groups is 1. The van der Waals surface area contributed by atoms with Crippen molar-refractivity contribution >= 4 is 35.5 Å². The Kier molecular flexibility index (Phi) is 3.79. The molecule has 26 heavy (non-hydrogen) atoms. The Morgan fingerprint density at radius 1 is 1.23 bits per heavy atom. The van der Waals surface area contributed by atoms with Crippen LogP contribution in [0.5, 0.6) is 0 Å². The predicted molar refractivity (Wildman–Crippen MR) is 87.6 cm³/mol. The second-order valence-corrected chi connectivity index (χ2v) is 7.85. The van der Waals surface area contributed by atoms with Crippen molar-refractivity contribution in [3.8, 4) is 0 Å². The van der Waals surface area contributed by atoms with Crippen LogP contribution in [-0.2, 0) is 14.3 Å². The van der Waals surface area contributed by atoms with Crippen molar-refractivity contribution in [2.24, 2.45) is 0 Å². The van der Waals surface area contributed by atoms with Crippen molar-refractivity contribution in [2.75, 3.05) is 6.61 Å². The van der Waals surface area contributed by atoms with Crippen LogP contribution in [0, 0.1) is 0 Å². The third-order valence-electron chi connectivity index (χ3n) is 4.75. The van der Waals surface area contributed by atoms with E-state index >= 15 is 0 Å². The molecule has 10 heteroatoms. The molecular formula is C16H14N2O7S. The SMILES string of the molecule is O=C(O)CC1NC(C(=O)O)C2(COC2N2C(=O)c3ccccc3C2=O)S1. The number of hydrogen-bond acceptors (Lipinski definition) is 7. The summed E-state index contributed by atoms with van der Waals surface area (Å²) in [5.74, 6) is -3.34. The topological polar surface area (TPSA) is 133 Å². The highest BCUT2D eigenvalue weighted by Crippen LogP contribution is 2.51. The van der Waals surface area contributed by atoms with E-state index in [1.165, 1.54) is 12.1 Å². The number of nitrogens with zero attached hydrogens (tertiary/aromatic N) is 1. The van der Waals surface area contributed by atoms with E-state index in [1.807, 2.05) is 0 Å². The van der Waals surface area contributed by atoms with Crippen molar-refractivity contribution < 1.29 is 34.1 Å². The molecule has 0 aromatic heterocycles. The summed E-state index contributed by atoms with van der Waals surface area (Å²) in [6.45, 7) is -0.00414. The molecule has 0 radical (unpaired) electrons. The average molecular weight is 378 g/mol. The standard InChI is InChI=1S/C16H14N2O7S/c19-10(20)5-9-17-11(14(23)24)16(26-9)6-25-15(16)18-12(21)7-3-1-2-4-8(7)13(18)22/h1-4,9,11,15,17H,5-6H2,(H,19,20)(H,23,24). The Hall–Kier alpha value is -2.43. The maximum Gasteiger partial charge on any atom is 0.322 e. The first-order valence-electron chi connectivity index (χ1n) is 7.82. The monoisotopic (exact) mass is 378 g/mol. The minimum absolute atomic E-state index is 0.00414. The Morgan fingerprint density at radius 2 is 1.85 bits per heavy atom. The second-order valence-electron chi connectivity index (χ2n) is 6.29. The first-order valence-corrected chi connectivity index (χ1v) is 8.70. The number of aliphatic carboxylic acids is 2. The fourth-order valence-electron chi connectivity index (χ4n) is 3.59. The van der Waals surface area contributed by atoms with E-state index in [0.29, 0.717) is 0 Å². The van der Waals surface area contributed by atoms with Gasteiger partial charge in [-0.1, -0.05) is 12.1 Å². The number of rotatable bonds is 4. The first-order chi connectivity index (χ1) is 12.3. The molecule has 3 heterocycles. The van der Waals surface area contributed by atoms with Gasteiger partial charge in [-0.25, -0.2) is 4.90 Å². The molecule has 3 aliphatic rings. The van der Waals surface area contributed by atoms with Gasteiger partial charge in [0.15, 0.2) is 6.23 Å². The van der Waals surface area contributed by atoms with E-state index < -0.39 is 46.1 Å². The van der Waals surface area contributed by atoms with Crippen molar-refractivity contribution in [2.45, 2.75) is 28.8 Å². The van der Waals surface area contributed by atoms with Crippen LogP contribution in [0.4, 0.5) is 0 Å². The van der Waals surface area contributed by atoms with Gasteiger partial charge in [0, 0.05) is 0 Å². The molecule has 0 saturated carbocycles. The lowest BCUT2D eigenvalue weighted by atomic mass is 9.92. The Morgan fingerprint density at radius 3 is 2.31 bits per heavy atom. The van der Waals surface area contributed by atoms with Crippen LogP contribution in [0.2, 0.25) is 0 Å². The summed E-state index contributed by atoms with van der Waals surface area (Å²) >= 11 is 1.10. The highest BCUT2D eigenvalue weighted by molar-refractivity contribution is 8.01. The molecule has 136 valence electrons. The number of thioether (sulfide) groups is 1. The van der Waals surface area contributed by atoms with Crippen LogP contribution in [0.25, 0.3) is 0 Å². The largest absolute Gasteiger partial charge is 0.481 e. The van der Waals surface area contributed by atoms with E-state index in [9.17, 15) is 24.3 Å². The normalized spacial score (nSPS) is 32.6. The molecule has 1 aromatic carbocycles. The zero-order valence-corrected chi connectivity index (χ0v) is 14.1. The van der Waals surface area contributed by atoms with Gasteiger partial charge in [-0.05, 0) is 12.1 Å². The van der Waals surface area contributed by atoms with Crippen molar-refractivity contribution in [3.63, 3.8) is 0 Å². The molecule has 4 rings (SSSR count). The number of ether oxygens (including phenoxy) is 1. The molecule has 2 amide bonds. The Balaban J connectivity index is 1.66. The molecule has 3 aliphatic heterocycles. The maximum absolute atomic E-state index is 12.7. The molecule has 0 bridgehead atoms. The number of amides is 2. The number of carbonyl (C=O) groups excluding carboxylic acids is 2. The Bertz CT molecular complexity index is 809. The van der Waals surface area contributed by atoms with E-state index in [4.69, 9.17) is 9.84 Å². The number of benzene rings is 1. The Labute approximate surface area is 151 Å². The van der Waals surface area contributed by atoms with E-state index in [2.05, 4.69) is 5.32 Å². The van der Waals surface area contributed by atoms with Gasteiger partial charge in [0.05, 0.1) is 29.5 Å². The number of carbonyl (C=O) groups is 4. The van der Waals surface area contributed by atoms with Gasteiger partial charge < -0.3 is 14.9 Å². The lowest BCUT2D eigenvalue weighted by molar-refractivity contribution is -0.169. The third kappa shape index (κ3) is 2.26. The van der Waals surface area contributed by atoms with Gasteiger partial charge in [0.25, 0.3) is 11.8 Å². The van der Waals surface area contributed by atoms with Gasteiger partial charge in [0.2, 0.25) is 0 Å². The molecule has 9 nitrogen and oxygen atoms in total. The highest BCUT2D eigenvalue weighted by Gasteiger charge is 2.66. The van der Waals surface area contributed by atoms with Crippen LogP contribution in [0.1, 0.15) is 27.1 Å². The van der Waals surface area contributed by atoms with Gasteiger partial charge in [-0.15, -0.1) is 11.8 Å². The van der Waals surface area contributed by atoms with Crippen molar-refractivity contribution in [3.05, 3.63) is 35.4 Å². The molecule has 4 atom stereocenters. The fourth-order valence-corrected chi connectivity index (χ4v) is 5.28. The summed E-state index contributed by atoms with van der Waals surface area (Å²) < 4.78 is 4.35. The predicted octanol–water partition coefficient (Wildman–Crippen LogP) is -0.0319. The summed E-state index contributed by atoms with van der Waals surface area (Å²) in [5.41, 5.74) is 0.487. The smallest absolute Gasteiger partial charge is 0.322 e. The van der Waals surface area contributed by atoms with Crippen LogP contribution in [0.15, 0.2) is 24.3 Å². The number of fused-ring (bicyclic) bond motifs is 1. The highest BCUT2D eigenvalue weighted by atomic mass is 32.2. The van der Waals surface area contributed by atoms with Crippen molar-refractivity contribution in [1.29, 1.82) is 0 Å². The van der Waals surface area contributed by atoms with Crippen molar-refractivity contribution in [1.82, 2.24) is 10.2 Å². The number of hydrogen-bond donors (Lipinski definition) is 3. The molecular weight excluding hydrogens is 364 g/mol. The molecule has 0 aliphatic carbocycles. The fraction of sp³-hybridized carbons (Fsp3) is 0.375. The van der Waals surface area contributed by atoms with Crippen LogP contribution < -0.4 is 5.32 Å². The average Bonchev–Trinajstić information content (AvgIpc) is 3.08. The summed E-state index contributed by atoms with van der Waals surface area (Å²) in [7, 11) is 0. The van der Waals surface area contributed by atoms with Gasteiger partial charge in [-0.3, -0.25) is 24.5 Å². The lowest BCUT2D eigenvalue weighted by Gasteiger charge is -2.50. The van der Waals surface area contributed by atoms with Crippen LogP contribution in [0.3, 0.4) is 0 Å². The molecule has 2 saturated heterocycles. The minimum Gasteiger partial charge on any atom is -0.481 e. The minimum atomic E-state index is -1.18.